The van der Waals surface area contributed by atoms with E-state index >= 15 is 0 Å². The Morgan fingerprint density at radius 2 is 1.79 bits per heavy atom. The Balaban J connectivity index is 1.66. The lowest BCUT2D eigenvalue weighted by atomic mass is 9.84. The van der Waals surface area contributed by atoms with E-state index in [0.29, 0.717) is 5.69 Å². The zero-order valence-electron chi connectivity index (χ0n) is 14.9. The highest BCUT2D eigenvalue weighted by atomic mass is 79.9. The Bertz CT molecular complexity index is 1070. The minimum Gasteiger partial charge on any atom is -0.298 e. The van der Waals surface area contributed by atoms with E-state index in [1.165, 1.54) is 11.8 Å². The molecule has 0 bridgehead atoms. The molecule has 2 aromatic carbocycles. The number of nitrogens with zero attached hydrogens (tertiary/aromatic N) is 3. The van der Waals surface area contributed by atoms with Gasteiger partial charge in [-0.1, -0.05) is 46.3 Å². The monoisotopic (exact) mass is 437 g/mol. The van der Waals surface area contributed by atoms with Gasteiger partial charge in [0.05, 0.1) is 29.8 Å². The average molecular weight is 438 g/mol. The van der Waals surface area contributed by atoms with Crippen molar-refractivity contribution in [3.05, 3.63) is 64.1 Å². The summed E-state index contributed by atoms with van der Waals surface area (Å²) in [4.78, 5) is 40.5. The second-order valence-electron chi connectivity index (χ2n) is 7.30. The number of Topliss-reactive ketones (excluding diaryl/α,β-unsaturated/α-hetero) is 1. The van der Waals surface area contributed by atoms with E-state index in [-0.39, 0.29) is 17.6 Å². The van der Waals surface area contributed by atoms with Crippen LogP contribution in [-0.4, -0.2) is 34.9 Å². The lowest BCUT2D eigenvalue weighted by Crippen LogP contribution is -2.43. The molecule has 3 aliphatic rings. The first-order valence-electron chi connectivity index (χ1n) is 9.04. The summed E-state index contributed by atoms with van der Waals surface area (Å²) in [5.41, 5.74) is 2.35. The van der Waals surface area contributed by atoms with E-state index in [1.807, 2.05) is 30.3 Å². The molecule has 0 radical (unpaired) electrons. The largest absolute Gasteiger partial charge is 0.298 e. The minimum absolute atomic E-state index is 0.161. The van der Waals surface area contributed by atoms with Gasteiger partial charge in [-0.05, 0) is 36.2 Å². The molecule has 0 unspecified atom stereocenters. The lowest BCUT2D eigenvalue weighted by molar-refractivity contribution is -0.129. The molecular weight excluding hydrogens is 422 g/mol. The summed E-state index contributed by atoms with van der Waals surface area (Å²) in [7, 11) is 0. The third kappa shape index (κ3) is 2.26. The van der Waals surface area contributed by atoms with Crippen LogP contribution in [0.3, 0.4) is 0 Å². The minimum atomic E-state index is -0.742. The van der Waals surface area contributed by atoms with Crippen molar-refractivity contribution >= 4 is 45.4 Å². The number of ketones is 1. The molecule has 0 aliphatic carbocycles. The van der Waals surface area contributed by atoms with Crippen LogP contribution >= 0.6 is 15.9 Å². The first kappa shape index (κ1) is 17.3. The fraction of sp³-hybridized carbons (Fsp3) is 0.238. The summed E-state index contributed by atoms with van der Waals surface area (Å²) in [6, 6.07) is 13.6. The second-order valence-corrected chi connectivity index (χ2v) is 8.21. The van der Waals surface area contributed by atoms with Crippen molar-refractivity contribution in [3.8, 4) is 0 Å². The highest BCUT2D eigenvalue weighted by Gasteiger charge is 2.64. The van der Waals surface area contributed by atoms with Crippen LogP contribution in [0.1, 0.15) is 24.1 Å². The van der Waals surface area contributed by atoms with E-state index in [4.69, 9.17) is 0 Å². The fourth-order valence-corrected chi connectivity index (χ4v) is 5.08. The number of hydrogen-bond acceptors (Lipinski definition) is 5. The van der Waals surface area contributed by atoms with Crippen molar-refractivity contribution in [2.75, 3.05) is 4.90 Å². The fourth-order valence-electron chi connectivity index (χ4n) is 4.69. The Morgan fingerprint density at radius 1 is 1.04 bits per heavy atom. The number of imide groups is 1. The third-order valence-corrected chi connectivity index (χ3v) is 6.27. The molecule has 2 aromatic rings. The number of amides is 2. The number of benzene rings is 2. The molecule has 0 spiro atoms. The van der Waals surface area contributed by atoms with Crippen molar-refractivity contribution in [1.82, 2.24) is 5.01 Å². The van der Waals surface area contributed by atoms with Gasteiger partial charge >= 0.3 is 0 Å². The Morgan fingerprint density at radius 3 is 2.54 bits per heavy atom. The molecule has 0 N–H and O–H groups in total. The van der Waals surface area contributed by atoms with Crippen LogP contribution in [0.15, 0.2) is 58.1 Å². The maximum atomic E-state index is 13.4. The van der Waals surface area contributed by atoms with E-state index in [1.54, 1.807) is 29.4 Å². The summed E-state index contributed by atoms with van der Waals surface area (Å²) in [5.74, 6) is -2.16. The number of carbonyl (C=O) groups excluding carboxylic acids is 3. The molecule has 3 heterocycles. The van der Waals surface area contributed by atoms with Crippen LogP contribution in [0.2, 0.25) is 0 Å². The van der Waals surface area contributed by atoms with Crippen LogP contribution in [-0.2, 0) is 14.4 Å². The van der Waals surface area contributed by atoms with Crippen molar-refractivity contribution in [3.63, 3.8) is 0 Å². The Hall–Kier alpha value is -2.80. The summed E-state index contributed by atoms with van der Waals surface area (Å²) in [6.07, 6.45) is 1.70. The molecule has 2 fully saturated rings. The molecule has 2 saturated heterocycles. The van der Waals surface area contributed by atoms with Gasteiger partial charge < -0.3 is 0 Å². The first-order chi connectivity index (χ1) is 13.5. The predicted molar refractivity (Wildman–Crippen MR) is 107 cm³/mol. The lowest BCUT2D eigenvalue weighted by Gasteiger charge is -2.33. The maximum Gasteiger partial charge on any atom is 0.240 e. The normalized spacial score (nSPS) is 27.6. The van der Waals surface area contributed by atoms with Crippen LogP contribution in [0.5, 0.6) is 0 Å². The van der Waals surface area contributed by atoms with Crippen LogP contribution in [0.4, 0.5) is 5.69 Å². The Kier molecular flexibility index (Phi) is 3.77. The second kappa shape index (κ2) is 6.10. The average Bonchev–Trinajstić information content (AvgIpc) is 3.15. The Labute approximate surface area is 169 Å². The molecule has 2 amide bonds. The molecule has 0 aromatic heterocycles. The van der Waals surface area contributed by atoms with Gasteiger partial charge in [0.2, 0.25) is 11.8 Å². The number of halogens is 1. The van der Waals surface area contributed by atoms with Gasteiger partial charge in [0, 0.05) is 4.47 Å². The number of fused-ring (bicyclic) bond motifs is 5. The molecule has 5 rings (SSSR count). The summed E-state index contributed by atoms with van der Waals surface area (Å²) < 4.78 is 0.778. The first-order valence-corrected chi connectivity index (χ1v) is 9.83. The van der Waals surface area contributed by atoms with E-state index in [0.717, 1.165) is 15.6 Å². The summed E-state index contributed by atoms with van der Waals surface area (Å²) in [6.45, 7) is 1.46. The van der Waals surface area contributed by atoms with Gasteiger partial charge in [-0.15, -0.1) is 0 Å². The number of anilines is 1. The van der Waals surface area contributed by atoms with E-state index < -0.39 is 23.9 Å². The summed E-state index contributed by atoms with van der Waals surface area (Å²) in [5, 5.41) is 6.12. The van der Waals surface area contributed by atoms with Gasteiger partial charge in [-0.2, -0.15) is 5.10 Å². The number of rotatable bonds is 2. The summed E-state index contributed by atoms with van der Waals surface area (Å²) >= 11 is 3.39. The van der Waals surface area contributed by atoms with E-state index in [2.05, 4.69) is 21.0 Å². The quantitative estimate of drug-likeness (QED) is 0.677. The smallest absolute Gasteiger partial charge is 0.240 e. The van der Waals surface area contributed by atoms with Gasteiger partial charge in [-0.25, -0.2) is 4.90 Å². The molecule has 28 heavy (non-hydrogen) atoms. The van der Waals surface area contributed by atoms with Crippen LogP contribution in [0.25, 0.3) is 0 Å². The van der Waals surface area contributed by atoms with Crippen molar-refractivity contribution in [1.29, 1.82) is 0 Å². The van der Waals surface area contributed by atoms with Gasteiger partial charge in [0.25, 0.3) is 0 Å². The van der Waals surface area contributed by atoms with Crippen molar-refractivity contribution in [2.24, 2.45) is 16.9 Å². The van der Waals surface area contributed by atoms with Crippen LogP contribution < -0.4 is 4.90 Å². The number of hydrogen-bond donors (Lipinski definition) is 0. The van der Waals surface area contributed by atoms with E-state index in [9.17, 15) is 14.4 Å². The van der Waals surface area contributed by atoms with Crippen molar-refractivity contribution < 1.29 is 14.4 Å². The number of hydrazone groups is 1. The third-order valence-electron chi connectivity index (χ3n) is 5.78. The predicted octanol–water partition coefficient (Wildman–Crippen LogP) is 2.92. The highest BCUT2D eigenvalue weighted by Crippen LogP contribution is 2.52. The zero-order chi connectivity index (χ0) is 19.6. The molecule has 0 saturated carbocycles. The molecule has 7 heteroatoms. The molecule has 3 aliphatic heterocycles. The molecule has 140 valence electrons. The number of carbonyl (C=O) groups is 3. The van der Waals surface area contributed by atoms with Crippen molar-refractivity contribution in [2.45, 2.75) is 19.0 Å². The highest BCUT2D eigenvalue weighted by molar-refractivity contribution is 9.10. The van der Waals surface area contributed by atoms with Gasteiger partial charge in [0.15, 0.2) is 5.78 Å². The standard InChI is InChI=1S/C21H16BrN3O3/c1-11(26)18-16-17(19-15-8-3-2-5-12(15)10-23-25(18)19)21(28)24(20(16)27)14-7-4-6-13(22)9-14/h2-10,16-19H,1H3/t16-,17+,18+,19-/m1/s1. The van der Waals surface area contributed by atoms with Gasteiger partial charge in [-0.3, -0.25) is 19.4 Å². The molecular formula is C21H16BrN3O3. The topological polar surface area (TPSA) is 70.0 Å². The maximum absolute atomic E-state index is 13.4. The SMILES string of the molecule is CC(=O)[C@H]1[C@@H]2C(=O)N(c3cccc(Br)c3)C(=O)[C@@H]2[C@H]2c3ccccc3C=NN21. The zero-order valence-corrected chi connectivity index (χ0v) is 16.5. The molecule has 4 atom stereocenters. The molecule has 6 nitrogen and oxygen atoms in total. The van der Waals surface area contributed by atoms with Gasteiger partial charge in [0.1, 0.15) is 6.04 Å². The van der Waals surface area contributed by atoms with Crippen LogP contribution in [0, 0.1) is 11.8 Å².